The van der Waals surface area contributed by atoms with Crippen LogP contribution < -0.4 is 0 Å². The van der Waals surface area contributed by atoms with E-state index in [4.69, 9.17) is 5.26 Å². The normalized spacial score (nSPS) is 7.82. The lowest BCUT2D eigenvalue weighted by Crippen LogP contribution is -1.64. The molecule has 0 aliphatic heterocycles. The number of rotatable bonds is 2. The molecule has 1 nitrogen and oxygen atoms in total. The zero-order valence-corrected chi connectivity index (χ0v) is 6.89. The Hall–Kier alpha value is -1.36. The number of nitrogens with zero attached hydrogens (tertiary/aromatic N) is 1. The second kappa shape index (κ2) is 8.64. The van der Waals surface area contributed by atoms with Gasteiger partial charge in [-0.25, -0.2) is 4.39 Å². The van der Waals surface area contributed by atoms with Crippen LogP contribution in [0.15, 0.2) is 36.7 Å². The molecule has 0 heterocycles. The van der Waals surface area contributed by atoms with E-state index in [-0.39, 0.29) is 5.57 Å². The molecule has 0 aromatic carbocycles. The highest BCUT2D eigenvalue weighted by Crippen LogP contribution is 1.96. The molecule has 0 aliphatic carbocycles. The molecular weight excluding hydrogens is 141 g/mol. The van der Waals surface area contributed by atoms with Crippen LogP contribution in [-0.4, -0.2) is 0 Å². The fourth-order valence-corrected chi connectivity index (χ4v) is 0.228. The van der Waals surface area contributed by atoms with E-state index in [1.807, 2.05) is 13.8 Å². The quantitative estimate of drug-likeness (QED) is 0.441. The first-order valence-electron chi connectivity index (χ1n) is 3.28. The lowest BCUT2D eigenvalue weighted by atomic mass is 10.3. The van der Waals surface area contributed by atoms with E-state index in [1.165, 1.54) is 6.08 Å². The van der Waals surface area contributed by atoms with Crippen LogP contribution in [0.5, 0.6) is 0 Å². The molecule has 0 aromatic heterocycles. The zero-order valence-electron chi connectivity index (χ0n) is 6.89. The van der Waals surface area contributed by atoms with Crippen molar-refractivity contribution in [2.75, 3.05) is 0 Å². The molecular formula is C9H12FN. The lowest BCUT2D eigenvalue weighted by Gasteiger charge is -1.78. The van der Waals surface area contributed by atoms with E-state index >= 15 is 0 Å². The van der Waals surface area contributed by atoms with Gasteiger partial charge in [-0.3, -0.25) is 0 Å². The van der Waals surface area contributed by atoms with Crippen LogP contribution in [0.1, 0.15) is 13.8 Å². The van der Waals surface area contributed by atoms with Crippen LogP contribution in [-0.2, 0) is 0 Å². The van der Waals surface area contributed by atoms with Crippen LogP contribution in [0.25, 0.3) is 0 Å². The Morgan fingerprint density at radius 3 is 2.09 bits per heavy atom. The maximum Gasteiger partial charge on any atom is 0.116 e. The lowest BCUT2D eigenvalue weighted by molar-refractivity contribution is 0.671. The molecule has 0 bridgehead atoms. The maximum atomic E-state index is 11.8. The fourth-order valence-electron chi connectivity index (χ4n) is 0.228. The minimum Gasteiger partial charge on any atom is -0.208 e. The monoisotopic (exact) mass is 153 g/mol. The first kappa shape index (κ1) is 12.3. The van der Waals surface area contributed by atoms with Gasteiger partial charge in [-0.1, -0.05) is 27.0 Å². The Kier molecular flexibility index (Phi) is 9.68. The van der Waals surface area contributed by atoms with Crippen molar-refractivity contribution >= 4 is 0 Å². The van der Waals surface area contributed by atoms with Crippen molar-refractivity contribution in [1.29, 1.82) is 5.26 Å². The van der Waals surface area contributed by atoms with Crippen LogP contribution in [0.2, 0.25) is 0 Å². The van der Waals surface area contributed by atoms with Crippen LogP contribution in [0.4, 0.5) is 4.39 Å². The average Bonchev–Trinajstić information content (AvgIpc) is 2.04. The van der Waals surface area contributed by atoms with Gasteiger partial charge < -0.3 is 0 Å². The second-order valence-electron chi connectivity index (χ2n) is 1.42. The molecule has 0 rings (SSSR count). The highest BCUT2D eigenvalue weighted by Gasteiger charge is 1.81. The highest BCUT2D eigenvalue weighted by atomic mass is 19.1. The molecule has 0 radical (unpaired) electrons. The Labute approximate surface area is 67.2 Å². The Balaban J connectivity index is 0. The molecule has 11 heavy (non-hydrogen) atoms. The number of nitriles is 1. The summed E-state index contributed by atoms with van der Waals surface area (Å²) in [6.07, 6.45) is 2.36. The van der Waals surface area contributed by atoms with Gasteiger partial charge in [0.1, 0.15) is 5.83 Å². The summed E-state index contributed by atoms with van der Waals surface area (Å²) in [6, 6.07) is 1.73. The summed E-state index contributed by atoms with van der Waals surface area (Å²) in [5.74, 6) is -0.577. The molecule has 60 valence electrons. The van der Waals surface area contributed by atoms with E-state index in [0.29, 0.717) is 0 Å². The summed E-state index contributed by atoms with van der Waals surface area (Å²) in [5, 5.41) is 8.09. The van der Waals surface area contributed by atoms with Gasteiger partial charge in [-0.15, -0.1) is 0 Å². The smallest absolute Gasteiger partial charge is 0.116 e. The van der Waals surface area contributed by atoms with Gasteiger partial charge in [0.25, 0.3) is 0 Å². The summed E-state index contributed by atoms with van der Waals surface area (Å²) in [4.78, 5) is 0. The summed E-state index contributed by atoms with van der Waals surface area (Å²) < 4.78 is 11.8. The highest BCUT2D eigenvalue weighted by molar-refractivity contribution is 5.31. The topological polar surface area (TPSA) is 23.8 Å². The first-order valence-corrected chi connectivity index (χ1v) is 3.28. The van der Waals surface area contributed by atoms with E-state index in [0.717, 1.165) is 6.08 Å². The maximum absolute atomic E-state index is 11.8. The number of hydrogen-bond acceptors (Lipinski definition) is 1. The van der Waals surface area contributed by atoms with Gasteiger partial charge >= 0.3 is 0 Å². The molecule has 0 saturated heterocycles. The predicted octanol–water partition coefficient (Wildman–Crippen LogP) is 3.13. The SMILES string of the molecule is C=C(F)/C=C\C(=C)C#N.CC. The van der Waals surface area contributed by atoms with Crippen molar-refractivity contribution in [3.63, 3.8) is 0 Å². The first-order chi connectivity index (χ1) is 5.16. The molecule has 0 unspecified atom stereocenters. The van der Waals surface area contributed by atoms with Crippen molar-refractivity contribution in [3.8, 4) is 6.07 Å². The van der Waals surface area contributed by atoms with Crippen molar-refractivity contribution in [3.05, 3.63) is 36.7 Å². The third kappa shape index (κ3) is 12.0. The van der Waals surface area contributed by atoms with Gasteiger partial charge in [0.05, 0.1) is 6.07 Å². The standard InChI is InChI=1S/C7H6FN.C2H6/c1-6(5-9)3-4-7(2)8;1-2/h3-4H,1-2H2;1-2H3/b4-3-;. The predicted molar refractivity (Wildman–Crippen MR) is 45.5 cm³/mol. The summed E-state index contributed by atoms with van der Waals surface area (Å²) in [6.45, 7) is 10.2. The van der Waals surface area contributed by atoms with Crippen LogP contribution in [0, 0.1) is 11.3 Å². The molecule has 0 N–H and O–H groups in total. The van der Waals surface area contributed by atoms with E-state index < -0.39 is 5.83 Å². The van der Waals surface area contributed by atoms with E-state index in [1.54, 1.807) is 6.07 Å². The molecule has 0 amide bonds. The summed E-state index contributed by atoms with van der Waals surface area (Å²) in [5.41, 5.74) is 0.216. The third-order valence-corrected chi connectivity index (χ3v) is 0.609. The van der Waals surface area contributed by atoms with Gasteiger partial charge in [0.15, 0.2) is 0 Å². The molecule has 0 fully saturated rings. The minimum atomic E-state index is -0.577. The molecule has 0 spiro atoms. The molecule has 0 atom stereocenters. The second-order valence-corrected chi connectivity index (χ2v) is 1.42. The van der Waals surface area contributed by atoms with Crippen LogP contribution >= 0.6 is 0 Å². The Morgan fingerprint density at radius 1 is 1.36 bits per heavy atom. The summed E-state index contributed by atoms with van der Waals surface area (Å²) in [7, 11) is 0. The van der Waals surface area contributed by atoms with Gasteiger partial charge in [-0.2, -0.15) is 5.26 Å². The van der Waals surface area contributed by atoms with E-state index in [2.05, 4.69) is 13.2 Å². The minimum absolute atomic E-state index is 0.216. The van der Waals surface area contributed by atoms with Crippen molar-refractivity contribution in [1.82, 2.24) is 0 Å². The van der Waals surface area contributed by atoms with Gasteiger partial charge in [0.2, 0.25) is 0 Å². The van der Waals surface area contributed by atoms with Crippen LogP contribution in [0.3, 0.4) is 0 Å². The van der Waals surface area contributed by atoms with Gasteiger partial charge in [-0.05, 0) is 12.2 Å². The Bertz CT molecular complexity index is 196. The Morgan fingerprint density at radius 2 is 1.82 bits per heavy atom. The summed E-state index contributed by atoms with van der Waals surface area (Å²) >= 11 is 0. The molecule has 0 aliphatic rings. The fraction of sp³-hybridized carbons (Fsp3) is 0.222. The number of halogens is 1. The largest absolute Gasteiger partial charge is 0.208 e. The van der Waals surface area contributed by atoms with Crippen molar-refractivity contribution < 1.29 is 4.39 Å². The molecule has 2 heteroatoms. The third-order valence-electron chi connectivity index (χ3n) is 0.609. The number of allylic oxidation sites excluding steroid dienone is 4. The average molecular weight is 153 g/mol. The van der Waals surface area contributed by atoms with Crippen molar-refractivity contribution in [2.24, 2.45) is 0 Å². The van der Waals surface area contributed by atoms with E-state index in [9.17, 15) is 4.39 Å². The number of hydrogen-bond donors (Lipinski definition) is 0. The van der Waals surface area contributed by atoms with Crippen molar-refractivity contribution in [2.45, 2.75) is 13.8 Å². The molecule has 0 saturated carbocycles. The molecule has 0 aromatic rings. The zero-order chi connectivity index (χ0) is 9.28. The van der Waals surface area contributed by atoms with Gasteiger partial charge in [0, 0.05) is 5.57 Å².